The topological polar surface area (TPSA) is 80.9 Å². The third-order valence-corrected chi connectivity index (χ3v) is 5.65. The van der Waals surface area contributed by atoms with Gasteiger partial charge in [0.2, 0.25) is 0 Å². The summed E-state index contributed by atoms with van der Waals surface area (Å²) >= 11 is 0. The van der Waals surface area contributed by atoms with Crippen molar-refractivity contribution in [3.63, 3.8) is 0 Å². The molecule has 1 atom stereocenters. The first-order chi connectivity index (χ1) is 15.5. The Balaban J connectivity index is 0.00000141. The second-order valence-corrected chi connectivity index (χ2v) is 7.63. The third-order valence-electron chi connectivity index (χ3n) is 5.65. The van der Waals surface area contributed by atoms with Crippen LogP contribution in [-0.2, 0) is 0 Å². The van der Waals surface area contributed by atoms with Crippen molar-refractivity contribution in [2.45, 2.75) is 38.5 Å². The van der Waals surface area contributed by atoms with Crippen LogP contribution < -0.4 is 0 Å². The van der Waals surface area contributed by atoms with Gasteiger partial charge in [-0.3, -0.25) is 0 Å². The molecule has 4 heteroatoms. The van der Waals surface area contributed by atoms with E-state index in [9.17, 15) is 20.4 Å². The van der Waals surface area contributed by atoms with Gasteiger partial charge in [0.1, 0.15) is 17.2 Å². The molecule has 0 aromatic heterocycles. The van der Waals surface area contributed by atoms with E-state index in [1.54, 1.807) is 42.5 Å². The summed E-state index contributed by atoms with van der Waals surface area (Å²) in [5.41, 5.74) is 4.26. The zero-order valence-electron chi connectivity index (χ0n) is 18.4. The molecule has 0 bridgehead atoms. The van der Waals surface area contributed by atoms with Gasteiger partial charge < -0.3 is 20.4 Å². The molecule has 3 aromatic rings. The molecule has 1 aliphatic rings. The van der Waals surface area contributed by atoms with Gasteiger partial charge in [0.15, 0.2) is 0 Å². The SMILES string of the molecule is CC.OC1=CC=C(C(c2ccc(O)cc2)C(c2ccc(O)cc2)c2ccc(O)cc2)CC1. The van der Waals surface area contributed by atoms with Crippen molar-refractivity contribution >= 4 is 0 Å². The molecule has 0 heterocycles. The van der Waals surface area contributed by atoms with Crippen LogP contribution in [0.4, 0.5) is 0 Å². The predicted molar refractivity (Wildman–Crippen MR) is 128 cm³/mol. The average molecular weight is 431 g/mol. The van der Waals surface area contributed by atoms with Crippen molar-refractivity contribution in [3.8, 4) is 17.2 Å². The van der Waals surface area contributed by atoms with Gasteiger partial charge in [0.05, 0.1) is 5.76 Å². The van der Waals surface area contributed by atoms with Gasteiger partial charge in [0.25, 0.3) is 0 Å². The number of aliphatic hydroxyl groups is 1. The van der Waals surface area contributed by atoms with E-state index in [2.05, 4.69) is 0 Å². The van der Waals surface area contributed by atoms with Gasteiger partial charge in [-0.05, 0) is 65.6 Å². The van der Waals surface area contributed by atoms with Crippen molar-refractivity contribution in [2.75, 3.05) is 0 Å². The fourth-order valence-electron chi connectivity index (χ4n) is 4.14. The second kappa shape index (κ2) is 10.6. The van der Waals surface area contributed by atoms with Gasteiger partial charge >= 0.3 is 0 Å². The Hall–Kier alpha value is -3.66. The highest BCUT2D eigenvalue weighted by Crippen LogP contribution is 2.46. The van der Waals surface area contributed by atoms with Crippen LogP contribution in [0.5, 0.6) is 17.2 Å². The Morgan fingerprint density at radius 3 is 1.22 bits per heavy atom. The number of aliphatic hydroxyl groups excluding tert-OH is 1. The number of allylic oxidation sites excluding steroid dienone is 4. The number of rotatable bonds is 5. The molecule has 0 saturated carbocycles. The molecule has 32 heavy (non-hydrogen) atoms. The summed E-state index contributed by atoms with van der Waals surface area (Å²) in [6, 6.07) is 21.6. The van der Waals surface area contributed by atoms with Gasteiger partial charge in [0, 0.05) is 18.3 Å². The molecule has 0 saturated heterocycles. The van der Waals surface area contributed by atoms with E-state index in [4.69, 9.17) is 0 Å². The van der Waals surface area contributed by atoms with E-state index >= 15 is 0 Å². The van der Waals surface area contributed by atoms with E-state index in [0.717, 1.165) is 23.1 Å². The summed E-state index contributed by atoms with van der Waals surface area (Å²) < 4.78 is 0. The maximum atomic E-state index is 9.88. The molecule has 0 amide bonds. The summed E-state index contributed by atoms with van der Waals surface area (Å²) in [6.45, 7) is 4.00. The lowest BCUT2D eigenvalue weighted by molar-refractivity contribution is 0.383. The maximum absolute atomic E-state index is 9.88. The van der Waals surface area contributed by atoms with Crippen LogP contribution in [0, 0.1) is 0 Å². The average Bonchev–Trinajstić information content (AvgIpc) is 2.82. The molecule has 0 fully saturated rings. The van der Waals surface area contributed by atoms with E-state index < -0.39 is 0 Å². The van der Waals surface area contributed by atoms with Crippen molar-refractivity contribution < 1.29 is 20.4 Å². The first kappa shape index (κ1) is 23.0. The molecule has 3 aromatic carbocycles. The summed E-state index contributed by atoms with van der Waals surface area (Å²) in [7, 11) is 0. The molecule has 1 unspecified atom stereocenters. The zero-order valence-corrected chi connectivity index (χ0v) is 18.4. The van der Waals surface area contributed by atoms with Crippen LogP contribution in [-0.4, -0.2) is 20.4 Å². The van der Waals surface area contributed by atoms with Crippen LogP contribution >= 0.6 is 0 Å². The van der Waals surface area contributed by atoms with Crippen LogP contribution in [0.15, 0.2) is 96.3 Å². The fourth-order valence-corrected chi connectivity index (χ4v) is 4.14. The predicted octanol–water partition coefficient (Wildman–Crippen LogP) is 6.91. The Kier molecular flexibility index (Phi) is 7.61. The molecule has 0 aliphatic heterocycles. The molecular weight excluding hydrogens is 400 g/mol. The monoisotopic (exact) mass is 430 g/mol. The van der Waals surface area contributed by atoms with Crippen LogP contribution in [0.2, 0.25) is 0 Å². The zero-order chi connectivity index (χ0) is 23.1. The molecule has 4 nitrogen and oxygen atoms in total. The molecule has 1 aliphatic carbocycles. The highest BCUT2D eigenvalue weighted by atomic mass is 16.3. The number of hydrogen-bond acceptors (Lipinski definition) is 4. The fraction of sp³-hybridized carbons (Fsp3) is 0.214. The number of benzene rings is 3. The lowest BCUT2D eigenvalue weighted by atomic mass is 9.71. The minimum absolute atomic E-state index is 0.0518. The van der Waals surface area contributed by atoms with Crippen molar-refractivity contribution in [3.05, 3.63) is 113 Å². The van der Waals surface area contributed by atoms with Gasteiger partial charge in [-0.1, -0.05) is 61.9 Å². The van der Waals surface area contributed by atoms with Crippen LogP contribution in [0.3, 0.4) is 0 Å². The van der Waals surface area contributed by atoms with Crippen molar-refractivity contribution in [2.24, 2.45) is 0 Å². The standard InChI is InChI=1S/C26H24O4.C2H6/c27-21-9-1-17(2-10-21)25(18-3-11-22(28)12-4-18)26(19-5-13-23(29)14-6-19)20-7-15-24(30)16-8-20;1-2/h1-7,9-15,25-30H,8,16H2;1-2H3. The highest BCUT2D eigenvalue weighted by molar-refractivity contribution is 5.47. The van der Waals surface area contributed by atoms with E-state index in [-0.39, 0.29) is 29.1 Å². The second-order valence-electron chi connectivity index (χ2n) is 7.63. The molecule has 0 spiro atoms. The molecule has 166 valence electrons. The minimum atomic E-state index is -0.0874. The Labute approximate surface area is 189 Å². The van der Waals surface area contributed by atoms with E-state index in [1.165, 1.54) is 5.57 Å². The lowest BCUT2D eigenvalue weighted by Crippen LogP contribution is -2.17. The van der Waals surface area contributed by atoms with E-state index in [1.807, 2.05) is 56.3 Å². The third kappa shape index (κ3) is 5.33. The Morgan fingerprint density at radius 1 is 0.500 bits per heavy atom. The molecule has 0 radical (unpaired) electrons. The smallest absolute Gasteiger partial charge is 0.115 e. The quantitative estimate of drug-likeness (QED) is 0.355. The highest BCUT2D eigenvalue weighted by Gasteiger charge is 2.30. The van der Waals surface area contributed by atoms with Crippen molar-refractivity contribution in [1.82, 2.24) is 0 Å². The molecule has 4 N–H and O–H groups in total. The molecule has 4 rings (SSSR count). The summed E-state index contributed by atoms with van der Waals surface area (Å²) in [4.78, 5) is 0. The normalized spacial score (nSPS) is 14.1. The van der Waals surface area contributed by atoms with Crippen molar-refractivity contribution in [1.29, 1.82) is 0 Å². The first-order valence-corrected chi connectivity index (χ1v) is 11.0. The summed E-state index contributed by atoms with van der Waals surface area (Å²) in [6.07, 6.45) is 5.03. The van der Waals surface area contributed by atoms with Crippen LogP contribution in [0.1, 0.15) is 55.2 Å². The number of hydrogen-bond donors (Lipinski definition) is 4. The Bertz CT molecular complexity index is 1020. The van der Waals surface area contributed by atoms with Crippen LogP contribution in [0.25, 0.3) is 0 Å². The number of aromatic hydroxyl groups is 3. The molecular formula is C28H30O4. The van der Waals surface area contributed by atoms with Gasteiger partial charge in [-0.25, -0.2) is 0 Å². The van der Waals surface area contributed by atoms with Gasteiger partial charge in [-0.2, -0.15) is 0 Å². The van der Waals surface area contributed by atoms with Gasteiger partial charge in [-0.15, -0.1) is 0 Å². The van der Waals surface area contributed by atoms with E-state index in [0.29, 0.717) is 12.2 Å². The largest absolute Gasteiger partial charge is 0.512 e. The minimum Gasteiger partial charge on any atom is -0.512 e. The first-order valence-electron chi connectivity index (χ1n) is 11.0. The lowest BCUT2D eigenvalue weighted by Gasteiger charge is -2.32. The summed E-state index contributed by atoms with van der Waals surface area (Å²) in [5, 5.41) is 39.3. The maximum Gasteiger partial charge on any atom is 0.115 e. The number of phenols is 3. The number of phenolic OH excluding ortho intramolecular Hbond substituents is 3. The summed E-state index contributed by atoms with van der Waals surface area (Å²) in [5.74, 6) is 0.843. The Morgan fingerprint density at radius 2 is 0.875 bits per heavy atom.